The van der Waals surface area contributed by atoms with Gasteiger partial charge in [0.25, 0.3) is 0 Å². The molecule has 0 spiro atoms. The lowest BCUT2D eigenvalue weighted by atomic mass is 10.2. The second kappa shape index (κ2) is 7.64. The number of ether oxygens (including phenoxy) is 1. The summed E-state index contributed by atoms with van der Waals surface area (Å²) in [5.74, 6) is 0. The Morgan fingerprint density at radius 2 is 1.85 bits per heavy atom. The predicted molar refractivity (Wildman–Crippen MR) is 105 cm³/mol. The summed E-state index contributed by atoms with van der Waals surface area (Å²) in [6, 6.07) is 17.0. The van der Waals surface area contributed by atoms with Crippen LogP contribution in [0.3, 0.4) is 0 Å². The summed E-state index contributed by atoms with van der Waals surface area (Å²) in [5.41, 5.74) is 2.60. The highest BCUT2D eigenvalue weighted by Crippen LogP contribution is 2.23. The van der Waals surface area contributed by atoms with Gasteiger partial charge < -0.3 is 10.1 Å². The predicted octanol–water partition coefficient (Wildman–Crippen LogP) is 2.87. The van der Waals surface area contributed by atoms with Crippen LogP contribution >= 0.6 is 0 Å². The highest BCUT2D eigenvalue weighted by molar-refractivity contribution is 7.89. The number of nitrogens with one attached hydrogen (secondary N) is 1. The molecule has 3 aromatic rings. The first kappa shape index (κ1) is 17.9. The van der Waals surface area contributed by atoms with Crippen molar-refractivity contribution in [2.24, 2.45) is 0 Å². The van der Waals surface area contributed by atoms with Crippen LogP contribution < -0.4 is 5.32 Å². The summed E-state index contributed by atoms with van der Waals surface area (Å²) in [5, 5.41) is 4.37. The summed E-state index contributed by atoms with van der Waals surface area (Å²) in [6.45, 7) is 2.07. The van der Waals surface area contributed by atoms with Crippen molar-refractivity contribution in [3.05, 3.63) is 66.4 Å². The molecule has 1 aliphatic rings. The van der Waals surface area contributed by atoms with E-state index in [0.717, 1.165) is 22.2 Å². The number of rotatable bonds is 5. The second-order valence-electron chi connectivity index (χ2n) is 6.39. The van der Waals surface area contributed by atoms with Crippen LogP contribution in [0.15, 0.2) is 65.7 Å². The highest BCUT2D eigenvalue weighted by Gasteiger charge is 2.28. The Balaban J connectivity index is 1.57. The number of hydrogen-bond donors (Lipinski definition) is 1. The first-order valence-electron chi connectivity index (χ1n) is 8.89. The summed E-state index contributed by atoms with van der Waals surface area (Å²) in [6.07, 6.45) is 1.77. The molecular formula is C20H21N3O3S. The van der Waals surface area contributed by atoms with E-state index in [1.165, 1.54) is 4.31 Å². The van der Waals surface area contributed by atoms with Gasteiger partial charge in [0, 0.05) is 36.9 Å². The van der Waals surface area contributed by atoms with Gasteiger partial charge in [-0.2, -0.15) is 4.31 Å². The average molecular weight is 383 g/mol. The van der Waals surface area contributed by atoms with Crippen LogP contribution in [-0.4, -0.2) is 44.0 Å². The Labute approximate surface area is 158 Å². The summed E-state index contributed by atoms with van der Waals surface area (Å²) >= 11 is 0. The van der Waals surface area contributed by atoms with Crippen molar-refractivity contribution in [2.45, 2.75) is 11.4 Å². The monoisotopic (exact) mass is 383 g/mol. The molecule has 1 saturated heterocycles. The minimum atomic E-state index is -3.53. The lowest BCUT2D eigenvalue weighted by Crippen LogP contribution is -2.41. The third-order valence-electron chi connectivity index (χ3n) is 4.65. The van der Waals surface area contributed by atoms with Gasteiger partial charge in [0.2, 0.25) is 10.0 Å². The van der Waals surface area contributed by atoms with Gasteiger partial charge in [-0.25, -0.2) is 8.42 Å². The lowest BCUT2D eigenvalue weighted by Gasteiger charge is -2.27. The molecule has 140 valence electrons. The minimum absolute atomic E-state index is 0.349. The van der Waals surface area contributed by atoms with Crippen LogP contribution in [0.4, 0.5) is 5.69 Å². The molecule has 0 aliphatic carbocycles. The van der Waals surface area contributed by atoms with Crippen LogP contribution in [0, 0.1) is 0 Å². The van der Waals surface area contributed by atoms with Gasteiger partial charge in [0.05, 0.1) is 23.6 Å². The molecule has 6 nitrogen and oxygen atoms in total. The molecule has 0 radical (unpaired) electrons. The van der Waals surface area contributed by atoms with Crippen LogP contribution in [0.1, 0.15) is 5.56 Å². The summed E-state index contributed by atoms with van der Waals surface area (Å²) in [4.78, 5) is 4.66. The van der Waals surface area contributed by atoms with Gasteiger partial charge in [0.1, 0.15) is 0 Å². The number of pyridine rings is 1. The lowest BCUT2D eigenvalue weighted by molar-refractivity contribution is 0.0730. The fourth-order valence-electron chi connectivity index (χ4n) is 3.21. The van der Waals surface area contributed by atoms with E-state index >= 15 is 0 Å². The van der Waals surface area contributed by atoms with Crippen molar-refractivity contribution in [1.82, 2.24) is 9.29 Å². The highest BCUT2D eigenvalue weighted by atomic mass is 32.2. The Bertz CT molecular complexity index is 1050. The minimum Gasteiger partial charge on any atom is -0.381 e. The summed E-state index contributed by atoms with van der Waals surface area (Å²) in [7, 11) is -3.53. The van der Waals surface area contributed by atoms with E-state index in [4.69, 9.17) is 4.74 Å². The van der Waals surface area contributed by atoms with Crippen LogP contribution in [-0.2, 0) is 21.3 Å². The third-order valence-corrected chi connectivity index (χ3v) is 6.65. The molecule has 1 fully saturated rings. The maximum atomic E-state index is 13.0. The zero-order valence-electron chi connectivity index (χ0n) is 14.8. The number of hydrogen-bond acceptors (Lipinski definition) is 5. The number of sulfonamides is 1. The van der Waals surface area contributed by atoms with Crippen molar-refractivity contribution in [2.75, 3.05) is 31.6 Å². The molecule has 0 amide bonds. The van der Waals surface area contributed by atoms with E-state index in [2.05, 4.69) is 10.3 Å². The molecule has 7 heteroatoms. The maximum Gasteiger partial charge on any atom is 0.243 e. The van der Waals surface area contributed by atoms with Crippen molar-refractivity contribution in [1.29, 1.82) is 0 Å². The van der Waals surface area contributed by atoms with Crippen LogP contribution in [0.5, 0.6) is 0 Å². The molecule has 2 aromatic carbocycles. The van der Waals surface area contributed by atoms with Crippen molar-refractivity contribution >= 4 is 26.6 Å². The van der Waals surface area contributed by atoms with Gasteiger partial charge in [-0.15, -0.1) is 0 Å². The second-order valence-corrected chi connectivity index (χ2v) is 8.29. The van der Waals surface area contributed by atoms with E-state index in [1.54, 1.807) is 18.3 Å². The normalized spacial score (nSPS) is 15.7. The largest absolute Gasteiger partial charge is 0.381 e. The third kappa shape index (κ3) is 3.80. The van der Waals surface area contributed by atoms with Crippen LogP contribution in [0.2, 0.25) is 0 Å². The van der Waals surface area contributed by atoms with E-state index in [9.17, 15) is 8.42 Å². The van der Waals surface area contributed by atoms with E-state index in [-0.39, 0.29) is 0 Å². The quantitative estimate of drug-likeness (QED) is 0.734. The fourth-order valence-corrected chi connectivity index (χ4v) is 4.84. The molecule has 1 N–H and O–H groups in total. The first-order chi connectivity index (χ1) is 13.1. The topological polar surface area (TPSA) is 71.5 Å². The smallest absolute Gasteiger partial charge is 0.243 e. The van der Waals surface area contributed by atoms with E-state index in [1.807, 2.05) is 42.5 Å². The average Bonchev–Trinajstić information content (AvgIpc) is 2.73. The molecule has 4 rings (SSSR count). The number of fused-ring (bicyclic) bond motifs is 1. The molecule has 0 atom stereocenters. The van der Waals surface area contributed by atoms with Crippen molar-refractivity contribution in [3.63, 3.8) is 0 Å². The molecule has 2 heterocycles. The Morgan fingerprint density at radius 3 is 2.70 bits per heavy atom. The Morgan fingerprint density at radius 1 is 1.04 bits per heavy atom. The molecular weight excluding hydrogens is 362 g/mol. The first-order valence-corrected chi connectivity index (χ1v) is 10.3. The molecule has 0 bridgehead atoms. The van der Waals surface area contributed by atoms with E-state index in [0.29, 0.717) is 37.7 Å². The number of benzene rings is 2. The van der Waals surface area contributed by atoms with Gasteiger partial charge in [-0.3, -0.25) is 4.98 Å². The SMILES string of the molecule is O=S(=O)(c1ccccc1CNc1ccc2ncccc2c1)N1CCOCC1. The fraction of sp³-hybridized carbons (Fsp3) is 0.250. The standard InChI is InChI=1S/C20H21N3O3S/c24-27(25,23-10-12-26-13-11-23)20-6-2-1-4-17(20)15-22-18-7-8-19-16(14-18)5-3-9-21-19/h1-9,14,22H,10-13,15H2. The van der Waals surface area contributed by atoms with Crippen LogP contribution in [0.25, 0.3) is 10.9 Å². The van der Waals surface area contributed by atoms with Crippen molar-refractivity contribution in [3.8, 4) is 0 Å². The zero-order chi connectivity index (χ0) is 18.7. The van der Waals surface area contributed by atoms with Gasteiger partial charge in [-0.05, 0) is 35.9 Å². The number of aromatic nitrogens is 1. The zero-order valence-corrected chi connectivity index (χ0v) is 15.7. The van der Waals surface area contributed by atoms with Crippen molar-refractivity contribution < 1.29 is 13.2 Å². The molecule has 1 aromatic heterocycles. The number of morpholine rings is 1. The molecule has 0 saturated carbocycles. The van der Waals surface area contributed by atoms with Gasteiger partial charge in [-0.1, -0.05) is 24.3 Å². The van der Waals surface area contributed by atoms with E-state index < -0.39 is 10.0 Å². The molecule has 1 aliphatic heterocycles. The number of nitrogens with zero attached hydrogens (tertiary/aromatic N) is 2. The molecule has 27 heavy (non-hydrogen) atoms. The van der Waals surface area contributed by atoms with Gasteiger partial charge >= 0.3 is 0 Å². The molecule has 0 unspecified atom stereocenters. The van der Waals surface area contributed by atoms with Gasteiger partial charge in [0.15, 0.2) is 0 Å². The number of anilines is 1. The summed E-state index contributed by atoms with van der Waals surface area (Å²) < 4.78 is 32.8. The Hall–Kier alpha value is -2.48. The maximum absolute atomic E-state index is 13.0. The Kier molecular flexibility index (Phi) is 5.07.